The Labute approximate surface area is 193 Å². The third kappa shape index (κ3) is 2.34. The van der Waals surface area contributed by atoms with E-state index in [0.29, 0.717) is 46.5 Å². The molecular formula is C22H14I2O5. The highest BCUT2D eigenvalue weighted by Crippen LogP contribution is 2.59. The van der Waals surface area contributed by atoms with Crippen LogP contribution in [0.2, 0.25) is 0 Å². The smallest absolute Gasteiger partial charge is 0.340 e. The molecule has 3 aromatic carbocycles. The maximum atomic E-state index is 12.9. The standard InChI is InChI=1S/C22H14I2O5/c1-9-17(25)15(23)7-13-19(9)28-20-10(2)18(26)16(24)8-14(20)22(13)12-6-4-3-5-11(12)21(27)29-22/h3-8,25-26H,1-2H3. The minimum Gasteiger partial charge on any atom is -0.506 e. The summed E-state index contributed by atoms with van der Waals surface area (Å²) >= 11 is 4.12. The average molecular weight is 612 g/mol. The summed E-state index contributed by atoms with van der Waals surface area (Å²) in [6, 6.07) is 10.9. The van der Waals surface area contributed by atoms with Crippen molar-refractivity contribution in [1.82, 2.24) is 0 Å². The van der Waals surface area contributed by atoms with Crippen molar-refractivity contribution in [3.63, 3.8) is 0 Å². The van der Waals surface area contributed by atoms with E-state index < -0.39 is 11.6 Å². The zero-order valence-corrected chi connectivity index (χ0v) is 19.7. The van der Waals surface area contributed by atoms with Crippen LogP contribution in [0.5, 0.6) is 23.0 Å². The van der Waals surface area contributed by atoms with Crippen LogP contribution in [-0.4, -0.2) is 16.2 Å². The number of rotatable bonds is 0. The number of hydrogen-bond acceptors (Lipinski definition) is 5. The normalized spacial score (nSPS) is 15.4. The van der Waals surface area contributed by atoms with Crippen molar-refractivity contribution in [2.45, 2.75) is 19.4 Å². The van der Waals surface area contributed by atoms with Crippen LogP contribution >= 0.6 is 45.2 Å². The largest absolute Gasteiger partial charge is 0.506 e. The van der Waals surface area contributed by atoms with E-state index in [1.807, 2.05) is 12.1 Å². The molecule has 2 aliphatic rings. The number of carbonyl (C=O) groups is 1. The van der Waals surface area contributed by atoms with E-state index in [2.05, 4.69) is 45.2 Å². The highest BCUT2D eigenvalue weighted by Gasteiger charge is 2.54. The summed E-state index contributed by atoms with van der Waals surface area (Å²) in [5.74, 6) is 0.689. The topological polar surface area (TPSA) is 76.0 Å². The molecule has 0 fully saturated rings. The maximum absolute atomic E-state index is 12.9. The summed E-state index contributed by atoms with van der Waals surface area (Å²) in [4.78, 5) is 12.9. The second-order valence-electron chi connectivity index (χ2n) is 7.14. The van der Waals surface area contributed by atoms with Gasteiger partial charge >= 0.3 is 5.97 Å². The Morgan fingerprint density at radius 3 is 1.93 bits per heavy atom. The number of hydrogen-bond donors (Lipinski definition) is 2. The van der Waals surface area contributed by atoms with Crippen LogP contribution in [0, 0.1) is 21.0 Å². The fraction of sp³-hybridized carbons (Fsp3) is 0.136. The quantitative estimate of drug-likeness (QED) is 0.260. The van der Waals surface area contributed by atoms with Crippen LogP contribution in [0.3, 0.4) is 0 Å². The van der Waals surface area contributed by atoms with Gasteiger partial charge in [0.15, 0.2) is 5.60 Å². The Morgan fingerprint density at radius 2 is 1.38 bits per heavy atom. The zero-order chi connectivity index (χ0) is 20.7. The second-order valence-corrected chi connectivity index (χ2v) is 9.46. The number of esters is 1. The molecule has 29 heavy (non-hydrogen) atoms. The summed E-state index contributed by atoms with van der Waals surface area (Å²) in [7, 11) is 0. The van der Waals surface area contributed by atoms with Crippen LogP contribution in [0.15, 0.2) is 36.4 Å². The highest BCUT2D eigenvalue weighted by atomic mass is 127. The predicted molar refractivity (Wildman–Crippen MR) is 123 cm³/mol. The van der Waals surface area contributed by atoms with Crippen molar-refractivity contribution in [1.29, 1.82) is 0 Å². The van der Waals surface area contributed by atoms with Gasteiger partial charge in [-0.1, -0.05) is 18.2 Å². The van der Waals surface area contributed by atoms with E-state index in [-0.39, 0.29) is 11.5 Å². The summed E-state index contributed by atoms with van der Waals surface area (Å²) in [5.41, 5.74) is 2.41. The molecule has 3 aromatic rings. The molecule has 7 heteroatoms. The van der Waals surface area contributed by atoms with E-state index >= 15 is 0 Å². The molecule has 1 spiro atoms. The number of fused-ring (bicyclic) bond motifs is 6. The molecule has 0 amide bonds. The average Bonchev–Trinajstić information content (AvgIpc) is 3.00. The SMILES string of the molecule is Cc1c(O)c(I)cc2c1Oc1c(cc(I)c(O)c1C)C21OC(=O)c2ccccc21. The molecule has 0 radical (unpaired) electrons. The van der Waals surface area contributed by atoms with Crippen molar-refractivity contribution in [2.75, 3.05) is 0 Å². The van der Waals surface area contributed by atoms with Gasteiger partial charge in [-0.2, -0.15) is 0 Å². The third-order valence-corrected chi connectivity index (χ3v) is 7.25. The molecule has 0 aliphatic carbocycles. The first-order valence-corrected chi connectivity index (χ1v) is 11.0. The molecule has 2 aliphatic heterocycles. The van der Waals surface area contributed by atoms with Gasteiger partial charge < -0.3 is 19.7 Å². The van der Waals surface area contributed by atoms with Crippen molar-refractivity contribution in [3.05, 3.63) is 76.9 Å². The molecule has 146 valence electrons. The molecule has 0 aromatic heterocycles. The van der Waals surface area contributed by atoms with Gasteiger partial charge in [0, 0.05) is 27.8 Å². The number of phenolic OH excluding ortho intramolecular Hbond substituents is 2. The Bertz CT molecular complexity index is 1190. The van der Waals surface area contributed by atoms with Gasteiger partial charge in [-0.3, -0.25) is 0 Å². The molecule has 0 unspecified atom stereocenters. The molecule has 0 bridgehead atoms. The molecule has 0 atom stereocenters. The van der Waals surface area contributed by atoms with Gasteiger partial charge in [0.25, 0.3) is 0 Å². The lowest BCUT2D eigenvalue weighted by molar-refractivity contribution is 0.0222. The van der Waals surface area contributed by atoms with Gasteiger partial charge in [-0.05, 0) is 77.2 Å². The summed E-state index contributed by atoms with van der Waals surface area (Å²) in [5, 5.41) is 21.0. The monoisotopic (exact) mass is 612 g/mol. The first kappa shape index (κ1) is 19.0. The van der Waals surface area contributed by atoms with Crippen LogP contribution in [0.1, 0.15) is 38.2 Å². The highest BCUT2D eigenvalue weighted by molar-refractivity contribution is 14.1. The Kier molecular flexibility index (Phi) is 4.09. The lowest BCUT2D eigenvalue weighted by Gasteiger charge is -2.38. The number of carbonyl (C=O) groups excluding carboxylic acids is 1. The fourth-order valence-corrected chi connectivity index (χ4v) is 5.58. The number of benzene rings is 3. The molecule has 2 N–H and O–H groups in total. The minimum absolute atomic E-state index is 0.118. The van der Waals surface area contributed by atoms with Crippen molar-refractivity contribution in [2.24, 2.45) is 0 Å². The summed E-state index contributed by atoms with van der Waals surface area (Å²) < 4.78 is 13.6. The lowest BCUT2D eigenvalue weighted by Crippen LogP contribution is -2.34. The van der Waals surface area contributed by atoms with E-state index in [9.17, 15) is 15.0 Å². The van der Waals surface area contributed by atoms with Gasteiger partial charge in [-0.25, -0.2) is 4.79 Å². The van der Waals surface area contributed by atoms with Gasteiger partial charge in [0.1, 0.15) is 23.0 Å². The molecule has 0 saturated carbocycles. The predicted octanol–water partition coefficient (Wildman–Crippen LogP) is 5.49. The Balaban J connectivity index is 1.99. The van der Waals surface area contributed by atoms with Crippen LogP contribution in [-0.2, 0) is 10.3 Å². The van der Waals surface area contributed by atoms with Gasteiger partial charge in [0.05, 0.1) is 12.7 Å². The third-order valence-electron chi connectivity index (χ3n) is 5.61. The van der Waals surface area contributed by atoms with E-state index in [0.717, 1.165) is 5.56 Å². The first-order valence-electron chi connectivity index (χ1n) is 8.83. The molecule has 5 nitrogen and oxygen atoms in total. The number of phenols is 2. The van der Waals surface area contributed by atoms with E-state index in [4.69, 9.17) is 9.47 Å². The second kappa shape index (κ2) is 6.24. The number of ether oxygens (including phenoxy) is 2. The van der Waals surface area contributed by atoms with E-state index in [1.165, 1.54) is 0 Å². The first-order chi connectivity index (χ1) is 13.8. The van der Waals surface area contributed by atoms with Crippen molar-refractivity contribution < 1.29 is 24.5 Å². The molecule has 5 rings (SSSR count). The van der Waals surface area contributed by atoms with Gasteiger partial charge in [-0.15, -0.1) is 0 Å². The zero-order valence-electron chi connectivity index (χ0n) is 15.3. The molecule has 2 heterocycles. The minimum atomic E-state index is -1.21. The van der Waals surface area contributed by atoms with Crippen LogP contribution in [0.25, 0.3) is 0 Å². The Morgan fingerprint density at radius 1 is 0.862 bits per heavy atom. The van der Waals surface area contributed by atoms with Gasteiger partial charge in [0.2, 0.25) is 0 Å². The number of aromatic hydroxyl groups is 2. The summed E-state index contributed by atoms with van der Waals surface area (Å²) in [6.07, 6.45) is 0. The van der Waals surface area contributed by atoms with Crippen LogP contribution in [0.4, 0.5) is 0 Å². The lowest BCUT2D eigenvalue weighted by atomic mass is 9.76. The van der Waals surface area contributed by atoms with Crippen LogP contribution < -0.4 is 4.74 Å². The Hall–Kier alpha value is -2.01. The van der Waals surface area contributed by atoms with Crippen molar-refractivity contribution in [3.8, 4) is 23.0 Å². The number of halogens is 2. The van der Waals surface area contributed by atoms with E-state index in [1.54, 1.807) is 38.1 Å². The fourth-order valence-electron chi connectivity index (χ4n) is 4.15. The molecule has 0 saturated heterocycles. The maximum Gasteiger partial charge on any atom is 0.340 e. The molecular weight excluding hydrogens is 598 g/mol. The summed E-state index contributed by atoms with van der Waals surface area (Å²) in [6.45, 7) is 3.53. The van der Waals surface area contributed by atoms with Crippen molar-refractivity contribution >= 4 is 51.2 Å².